The molecule has 162 valence electrons. The van der Waals surface area contributed by atoms with Crippen molar-refractivity contribution < 1.29 is 9.18 Å². The number of rotatable bonds is 6. The van der Waals surface area contributed by atoms with E-state index in [1.54, 1.807) is 6.07 Å². The van der Waals surface area contributed by atoms with Crippen LogP contribution < -0.4 is 10.2 Å². The number of amides is 2. The lowest BCUT2D eigenvalue weighted by molar-refractivity contribution is 0.195. The Morgan fingerprint density at radius 2 is 1.87 bits per heavy atom. The second-order valence-electron chi connectivity index (χ2n) is 8.20. The third-order valence-corrected chi connectivity index (χ3v) is 5.35. The van der Waals surface area contributed by atoms with Crippen molar-refractivity contribution in [2.75, 3.05) is 37.6 Å². The standard InChI is InChI=1S/C23H32FN5O/c1-5-25-23(30)29-12-10-28(11-13-29)22-19(15-18-8-6-7-9-20(18)24)17(4)26-21(27-22)14-16(2)3/h6-9,16H,5,10-15H2,1-4H3,(H,25,30). The Hall–Kier alpha value is -2.70. The van der Waals surface area contributed by atoms with Crippen LogP contribution in [0, 0.1) is 18.7 Å². The van der Waals surface area contributed by atoms with Gasteiger partial charge in [0.25, 0.3) is 0 Å². The quantitative estimate of drug-likeness (QED) is 0.787. The van der Waals surface area contributed by atoms with Gasteiger partial charge >= 0.3 is 6.03 Å². The normalized spacial score (nSPS) is 14.3. The van der Waals surface area contributed by atoms with Gasteiger partial charge in [-0.2, -0.15) is 0 Å². The number of hydrogen-bond donors (Lipinski definition) is 1. The first kappa shape index (κ1) is 22.0. The smallest absolute Gasteiger partial charge is 0.317 e. The first-order chi connectivity index (χ1) is 14.4. The summed E-state index contributed by atoms with van der Waals surface area (Å²) in [5.74, 6) is 1.93. The molecule has 0 bridgehead atoms. The molecule has 0 spiro atoms. The highest BCUT2D eigenvalue weighted by atomic mass is 19.1. The number of halogens is 1. The SMILES string of the molecule is CCNC(=O)N1CCN(c2nc(CC(C)C)nc(C)c2Cc2ccccc2F)CC1. The molecule has 0 saturated carbocycles. The van der Waals surface area contributed by atoms with Crippen molar-refractivity contribution in [3.05, 3.63) is 52.7 Å². The largest absolute Gasteiger partial charge is 0.353 e. The van der Waals surface area contributed by atoms with Crippen molar-refractivity contribution in [2.24, 2.45) is 5.92 Å². The minimum absolute atomic E-state index is 0.0249. The van der Waals surface area contributed by atoms with Crippen LogP contribution in [0.25, 0.3) is 0 Å². The summed E-state index contributed by atoms with van der Waals surface area (Å²) in [4.78, 5) is 25.8. The zero-order chi connectivity index (χ0) is 21.7. The van der Waals surface area contributed by atoms with E-state index in [4.69, 9.17) is 9.97 Å². The molecule has 2 heterocycles. The average Bonchev–Trinajstić information content (AvgIpc) is 2.71. The van der Waals surface area contributed by atoms with Crippen molar-refractivity contribution in [3.63, 3.8) is 0 Å². The highest BCUT2D eigenvalue weighted by Gasteiger charge is 2.25. The van der Waals surface area contributed by atoms with Gasteiger partial charge in [0.15, 0.2) is 0 Å². The van der Waals surface area contributed by atoms with Crippen molar-refractivity contribution in [1.82, 2.24) is 20.2 Å². The van der Waals surface area contributed by atoms with Gasteiger partial charge in [-0.25, -0.2) is 19.2 Å². The van der Waals surface area contributed by atoms with Gasteiger partial charge in [0.05, 0.1) is 0 Å². The van der Waals surface area contributed by atoms with E-state index in [1.165, 1.54) is 6.07 Å². The van der Waals surface area contributed by atoms with E-state index < -0.39 is 0 Å². The third kappa shape index (κ3) is 5.26. The van der Waals surface area contributed by atoms with Gasteiger partial charge < -0.3 is 15.1 Å². The molecule has 2 aromatic rings. The van der Waals surface area contributed by atoms with E-state index in [2.05, 4.69) is 24.1 Å². The Morgan fingerprint density at radius 3 is 2.50 bits per heavy atom. The van der Waals surface area contributed by atoms with Gasteiger partial charge in [-0.05, 0) is 31.4 Å². The summed E-state index contributed by atoms with van der Waals surface area (Å²) in [5, 5.41) is 2.86. The topological polar surface area (TPSA) is 61.4 Å². The number of aryl methyl sites for hydroxylation is 1. The minimum atomic E-state index is -0.213. The summed E-state index contributed by atoms with van der Waals surface area (Å²) in [6, 6.07) is 6.84. The Balaban J connectivity index is 1.89. The highest BCUT2D eigenvalue weighted by Crippen LogP contribution is 2.26. The molecule has 1 aromatic carbocycles. The van der Waals surface area contributed by atoms with E-state index in [-0.39, 0.29) is 11.8 Å². The predicted molar refractivity (Wildman–Crippen MR) is 117 cm³/mol. The predicted octanol–water partition coefficient (Wildman–Crippen LogP) is 3.56. The van der Waals surface area contributed by atoms with Crippen LogP contribution in [0.2, 0.25) is 0 Å². The molecule has 1 fully saturated rings. The number of carbonyl (C=O) groups is 1. The molecule has 6 nitrogen and oxygen atoms in total. The third-order valence-electron chi connectivity index (χ3n) is 5.35. The second kappa shape index (κ2) is 9.87. The molecular weight excluding hydrogens is 381 g/mol. The molecule has 1 saturated heterocycles. The molecular formula is C23H32FN5O. The first-order valence-corrected chi connectivity index (χ1v) is 10.8. The van der Waals surface area contributed by atoms with Gasteiger partial charge in [-0.1, -0.05) is 32.0 Å². The fourth-order valence-corrected chi connectivity index (χ4v) is 3.78. The monoisotopic (exact) mass is 413 g/mol. The Bertz CT molecular complexity index is 878. The number of carbonyl (C=O) groups excluding carboxylic acids is 1. The molecule has 7 heteroatoms. The van der Waals surface area contributed by atoms with Crippen LogP contribution >= 0.6 is 0 Å². The lowest BCUT2D eigenvalue weighted by Gasteiger charge is -2.36. The number of piperazine rings is 1. The summed E-state index contributed by atoms with van der Waals surface area (Å²) in [6.45, 7) is 11.5. The highest BCUT2D eigenvalue weighted by molar-refractivity contribution is 5.74. The number of hydrogen-bond acceptors (Lipinski definition) is 4. The van der Waals surface area contributed by atoms with Crippen LogP contribution in [0.3, 0.4) is 0 Å². The lowest BCUT2D eigenvalue weighted by atomic mass is 10.0. The zero-order valence-electron chi connectivity index (χ0n) is 18.4. The van der Waals surface area contributed by atoms with Crippen LogP contribution in [0.1, 0.15) is 43.4 Å². The number of aromatic nitrogens is 2. The molecule has 1 aromatic heterocycles. The van der Waals surface area contributed by atoms with Gasteiger partial charge in [0.2, 0.25) is 0 Å². The maximum absolute atomic E-state index is 14.3. The number of benzene rings is 1. The van der Waals surface area contributed by atoms with Crippen molar-refractivity contribution in [2.45, 2.75) is 40.5 Å². The molecule has 1 N–H and O–H groups in total. The lowest BCUT2D eigenvalue weighted by Crippen LogP contribution is -2.52. The zero-order valence-corrected chi connectivity index (χ0v) is 18.4. The maximum Gasteiger partial charge on any atom is 0.317 e. The van der Waals surface area contributed by atoms with Crippen LogP contribution in [-0.2, 0) is 12.8 Å². The van der Waals surface area contributed by atoms with Crippen LogP contribution in [0.15, 0.2) is 24.3 Å². The fourth-order valence-electron chi connectivity index (χ4n) is 3.78. The van der Waals surface area contributed by atoms with E-state index in [9.17, 15) is 9.18 Å². The van der Waals surface area contributed by atoms with E-state index >= 15 is 0 Å². The van der Waals surface area contributed by atoms with Crippen molar-refractivity contribution in [3.8, 4) is 0 Å². The molecule has 0 atom stereocenters. The Kier molecular flexibility index (Phi) is 7.24. The Morgan fingerprint density at radius 1 is 1.17 bits per heavy atom. The number of anilines is 1. The van der Waals surface area contributed by atoms with E-state index in [0.29, 0.717) is 50.6 Å². The molecule has 1 aliphatic rings. The molecule has 3 rings (SSSR count). The van der Waals surface area contributed by atoms with Gasteiger partial charge in [0, 0.05) is 56.8 Å². The average molecular weight is 414 g/mol. The van der Waals surface area contributed by atoms with Gasteiger partial charge in [-0.3, -0.25) is 0 Å². The van der Waals surface area contributed by atoms with Crippen LogP contribution in [-0.4, -0.2) is 53.6 Å². The van der Waals surface area contributed by atoms with Crippen molar-refractivity contribution >= 4 is 11.8 Å². The van der Waals surface area contributed by atoms with Crippen LogP contribution in [0.4, 0.5) is 15.0 Å². The summed E-state index contributed by atoms with van der Waals surface area (Å²) in [6.07, 6.45) is 1.25. The molecule has 0 radical (unpaired) electrons. The van der Waals surface area contributed by atoms with E-state index in [0.717, 1.165) is 29.3 Å². The van der Waals surface area contributed by atoms with E-state index in [1.807, 2.05) is 30.9 Å². The fraction of sp³-hybridized carbons (Fsp3) is 0.522. The summed E-state index contributed by atoms with van der Waals surface area (Å²) >= 11 is 0. The number of urea groups is 1. The summed E-state index contributed by atoms with van der Waals surface area (Å²) < 4.78 is 14.3. The number of nitrogens with one attached hydrogen (secondary N) is 1. The van der Waals surface area contributed by atoms with Crippen LogP contribution in [0.5, 0.6) is 0 Å². The molecule has 1 aliphatic heterocycles. The molecule has 0 aliphatic carbocycles. The molecule has 0 unspecified atom stereocenters. The maximum atomic E-state index is 14.3. The van der Waals surface area contributed by atoms with Gasteiger partial charge in [-0.15, -0.1) is 0 Å². The van der Waals surface area contributed by atoms with Crippen molar-refractivity contribution in [1.29, 1.82) is 0 Å². The van der Waals surface area contributed by atoms with Gasteiger partial charge in [0.1, 0.15) is 17.5 Å². The summed E-state index contributed by atoms with van der Waals surface area (Å²) in [5.41, 5.74) is 2.49. The molecule has 2 amide bonds. The summed E-state index contributed by atoms with van der Waals surface area (Å²) in [7, 11) is 0. The first-order valence-electron chi connectivity index (χ1n) is 10.8. The second-order valence-corrected chi connectivity index (χ2v) is 8.20. The minimum Gasteiger partial charge on any atom is -0.353 e. The molecule has 30 heavy (non-hydrogen) atoms. The Labute approximate surface area is 178 Å². The number of nitrogens with zero attached hydrogens (tertiary/aromatic N) is 4.